The lowest BCUT2D eigenvalue weighted by atomic mass is 10.0. The molecule has 1 aliphatic rings. The molecular formula is C14H26IN5O. The Balaban J connectivity index is 0.00000220. The van der Waals surface area contributed by atoms with E-state index in [-0.39, 0.29) is 29.6 Å². The van der Waals surface area contributed by atoms with Gasteiger partial charge in [-0.15, -0.1) is 24.0 Å². The molecule has 1 unspecified atom stereocenters. The van der Waals surface area contributed by atoms with Gasteiger partial charge < -0.3 is 15.4 Å². The number of guanidine groups is 1. The number of aliphatic imine (C=N–C) groups is 1. The summed E-state index contributed by atoms with van der Waals surface area (Å²) in [5.74, 6) is 0.844. The van der Waals surface area contributed by atoms with Crippen molar-refractivity contribution in [3.63, 3.8) is 0 Å². The molecule has 0 amide bonds. The quantitative estimate of drug-likeness (QED) is 0.428. The van der Waals surface area contributed by atoms with E-state index < -0.39 is 0 Å². The highest BCUT2D eigenvalue weighted by Gasteiger charge is 2.29. The molecule has 7 heteroatoms. The molecule has 0 radical (unpaired) electrons. The molecule has 1 aromatic heterocycles. The molecule has 1 aromatic rings. The van der Waals surface area contributed by atoms with E-state index in [0.717, 1.165) is 45.0 Å². The number of aromatic nitrogens is 2. The zero-order chi connectivity index (χ0) is 14.3. The van der Waals surface area contributed by atoms with Gasteiger partial charge in [-0.05, 0) is 32.8 Å². The van der Waals surface area contributed by atoms with Gasteiger partial charge in [-0.2, -0.15) is 5.10 Å². The van der Waals surface area contributed by atoms with Gasteiger partial charge in [0.2, 0.25) is 0 Å². The summed E-state index contributed by atoms with van der Waals surface area (Å²) in [5.41, 5.74) is -0.0929. The van der Waals surface area contributed by atoms with Gasteiger partial charge in [0, 0.05) is 32.1 Å². The fraction of sp³-hybridized carbons (Fsp3) is 0.714. The Morgan fingerprint density at radius 3 is 2.95 bits per heavy atom. The highest BCUT2D eigenvalue weighted by molar-refractivity contribution is 14.0. The number of hydrogen-bond acceptors (Lipinski definition) is 3. The SMILES string of the molecule is CCNC(=NCC1(C)CCCO1)NCCn1cccn1.I. The molecule has 2 rings (SSSR count). The van der Waals surface area contributed by atoms with Crippen LogP contribution in [0.15, 0.2) is 23.5 Å². The maximum atomic E-state index is 5.76. The molecular weight excluding hydrogens is 381 g/mol. The first kappa shape index (κ1) is 18.2. The fourth-order valence-electron chi connectivity index (χ4n) is 2.27. The molecule has 1 atom stereocenters. The summed E-state index contributed by atoms with van der Waals surface area (Å²) in [4.78, 5) is 4.63. The predicted octanol–water partition coefficient (Wildman–Crippen LogP) is 1.63. The summed E-state index contributed by atoms with van der Waals surface area (Å²) in [7, 11) is 0. The van der Waals surface area contributed by atoms with Crippen LogP contribution in [0.1, 0.15) is 26.7 Å². The van der Waals surface area contributed by atoms with E-state index in [1.54, 1.807) is 6.20 Å². The van der Waals surface area contributed by atoms with Crippen molar-refractivity contribution in [1.29, 1.82) is 0 Å². The van der Waals surface area contributed by atoms with E-state index in [1.165, 1.54) is 0 Å². The molecule has 0 saturated carbocycles. The van der Waals surface area contributed by atoms with Crippen molar-refractivity contribution in [2.45, 2.75) is 38.8 Å². The van der Waals surface area contributed by atoms with E-state index in [4.69, 9.17) is 4.74 Å². The minimum Gasteiger partial charge on any atom is -0.373 e. The van der Waals surface area contributed by atoms with E-state index in [0.29, 0.717) is 6.54 Å². The molecule has 0 bridgehead atoms. The lowest BCUT2D eigenvalue weighted by Crippen LogP contribution is -2.40. The monoisotopic (exact) mass is 407 g/mol. The summed E-state index contributed by atoms with van der Waals surface area (Å²) in [6.45, 7) is 8.23. The van der Waals surface area contributed by atoms with Gasteiger partial charge in [-0.1, -0.05) is 0 Å². The molecule has 0 aromatic carbocycles. The van der Waals surface area contributed by atoms with Gasteiger partial charge >= 0.3 is 0 Å². The number of ether oxygens (including phenoxy) is 1. The van der Waals surface area contributed by atoms with Crippen LogP contribution in [0, 0.1) is 0 Å². The van der Waals surface area contributed by atoms with E-state index in [1.807, 2.05) is 16.9 Å². The van der Waals surface area contributed by atoms with Gasteiger partial charge in [0.1, 0.15) is 0 Å². The Labute approximate surface area is 143 Å². The second kappa shape index (κ2) is 9.24. The molecule has 0 aliphatic carbocycles. The van der Waals surface area contributed by atoms with Crippen LogP contribution < -0.4 is 10.6 Å². The minimum atomic E-state index is -0.0929. The fourth-order valence-corrected chi connectivity index (χ4v) is 2.27. The average molecular weight is 407 g/mol. The van der Waals surface area contributed by atoms with Crippen molar-refractivity contribution in [2.24, 2.45) is 4.99 Å². The van der Waals surface area contributed by atoms with Crippen molar-refractivity contribution in [1.82, 2.24) is 20.4 Å². The lowest BCUT2D eigenvalue weighted by molar-refractivity contribution is 0.0283. The molecule has 120 valence electrons. The average Bonchev–Trinajstić information content (AvgIpc) is 3.08. The largest absolute Gasteiger partial charge is 0.373 e. The van der Waals surface area contributed by atoms with Crippen LogP contribution in [-0.4, -0.2) is 47.6 Å². The first-order valence-corrected chi connectivity index (χ1v) is 7.35. The van der Waals surface area contributed by atoms with Gasteiger partial charge in [-0.3, -0.25) is 9.67 Å². The molecule has 1 fully saturated rings. The van der Waals surface area contributed by atoms with Crippen molar-refractivity contribution < 1.29 is 4.74 Å². The van der Waals surface area contributed by atoms with Crippen molar-refractivity contribution in [3.8, 4) is 0 Å². The predicted molar refractivity (Wildman–Crippen MR) is 95.2 cm³/mol. The summed E-state index contributed by atoms with van der Waals surface area (Å²) < 4.78 is 7.66. The van der Waals surface area contributed by atoms with Crippen LogP contribution in [-0.2, 0) is 11.3 Å². The molecule has 1 saturated heterocycles. The number of nitrogens with one attached hydrogen (secondary N) is 2. The van der Waals surface area contributed by atoms with Gasteiger partial charge in [0.15, 0.2) is 5.96 Å². The summed E-state index contributed by atoms with van der Waals surface area (Å²) >= 11 is 0. The summed E-state index contributed by atoms with van der Waals surface area (Å²) in [6.07, 6.45) is 5.97. The third kappa shape index (κ3) is 6.21. The Morgan fingerprint density at radius 2 is 2.33 bits per heavy atom. The van der Waals surface area contributed by atoms with Gasteiger partial charge in [-0.25, -0.2) is 0 Å². The normalized spacial score (nSPS) is 21.9. The second-order valence-electron chi connectivity index (χ2n) is 5.29. The summed E-state index contributed by atoms with van der Waals surface area (Å²) in [6, 6.07) is 1.93. The number of hydrogen-bond donors (Lipinski definition) is 2. The van der Waals surface area contributed by atoms with Gasteiger partial charge in [0.25, 0.3) is 0 Å². The van der Waals surface area contributed by atoms with E-state index in [2.05, 4.69) is 34.6 Å². The Bertz CT molecular complexity index is 415. The minimum absolute atomic E-state index is 0. The number of halogens is 1. The summed E-state index contributed by atoms with van der Waals surface area (Å²) in [5, 5.41) is 10.8. The van der Waals surface area contributed by atoms with E-state index in [9.17, 15) is 0 Å². The Kier molecular flexibility index (Phi) is 8.02. The molecule has 2 heterocycles. The van der Waals surface area contributed by atoms with Crippen LogP contribution in [0.4, 0.5) is 0 Å². The zero-order valence-corrected chi connectivity index (χ0v) is 15.2. The van der Waals surface area contributed by atoms with Crippen molar-refractivity contribution in [2.75, 3.05) is 26.2 Å². The van der Waals surface area contributed by atoms with Crippen molar-refractivity contribution >= 4 is 29.9 Å². The molecule has 0 spiro atoms. The zero-order valence-electron chi connectivity index (χ0n) is 12.8. The molecule has 2 N–H and O–H groups in total. The standard InChI is InChI=1S/C14H25N5O.HI/c1-3-15-13(16-8-10-19-9-5-7-18-19)17-12-14(2)6-4-11-20-14;/h5,7,9H,3-4,6,8,10-12H2,1-2H3,(H2,15,16,17);1H. The van der Waals surface area contributed by atoms with Crippen LogP contribution in [0.3, 0.4) is 0 Å². The van der Waals surface area contributed by atoms with Gasteiger partial charge in [0.05, 0.1) is 18.7 Å². The highest BCUT2D eigenvalue weighted by atomic mass is 127. The number of rotatable bonds is 6. The smallest absolute Gasteiger partial charge is 0.191 e. The molecule has 21 heavy (non-hydrogen) atoms. The van der Waals surface area contributed by atoms with E-state index >= 15 is 0 Å². The molecule has 1 aliphatic heterocycles. The first-order chi connectivity index (χ1) is 9.72. The van der Waals surface area contributed by atoms with Crippen LogP contribution in [0.2, 0.25) is 0 Å². The third-order valence-corrected chi connectivity index (χ3v) is 3.41. The van der Waals surface area contributed by atoms with Crippen LogP contribution >= 0.6 is 24.0 Å². The molecule has 6 nitrogen and oxygen atoms in total. The first-order valence-electron chi connectivity index (χ1n) is 7.35. The lowest BCUT2D eigenvalue weighted by Gasteiger charge is -2.21. The number of nitrogens with zero attached hydrogens (tertiary/aromatic N) is 3. The Hall–Kier alpha value is -0.830. The highest BCUT2D eigenvalue weighted by Crippen LogP contribution is 2.24. The second-order valence-corrected chi connectivity index (χ2v) is 5.29. The third-order valence-electron chi connectivity index (χ3n) is 3.41. The maximum Gasteiger partial charge on any atom is 0.191 e. The van der Waals surface area contributed by atoms with Crippen molar-refractivity contribution in [3.05, 3.63) is 18.5 Å². The Morgan fingerprint density at radius 1 is 1.48 bits per heavy atom. The van der Waals surface area contributed by atoms with Crippen LogP contribution in [0.5, 0.6) is 0 Å². The van der Waals surface area contributed by atoms with Crippen LogP contribution in [0.25, 0.3) is 0 Å². The maximum absolute atomic E-state index is 5.76. The topological polar surface area (TPSA) is 63.5 Å².